The summed E-state index contributed by atoms with van der Waals surface area (Å²) in [6.07, 6.45) is 3.83. The van der Waals surface area contributed by atoms with Crippen LogP contribution in [0.1, 0.15) is 54.4 Å². The second-order valence-electron chi connectivity index (χ2n) is 9.66. The molecule has 1 aromatic carbocycles. The van der Waals surface area contributed by atoms with Crippen molar-refractivity contribution in [2.24, 2.45) is 0 Å². The Balaban J connectivity index is 1.68. The number of pyridine rings is 2. The van der Waals surface area contributed by atoms with E-state index in [-0.39, 0.29) is 5.91 Å². The van der Waals surface area contributed by atoms with Gasteiger partial charge in [0.25, 0.3) is 5.91 Å². The molecule has 0 bridgehead atoms. The van der Waals surface area contributed by atoms with Gasteiger partial charge in [-0.05, 0) is 75.6 Å². The molecule has 1 saturated heterocycles. The van der Waals surface area contributed by atoms with Gasteiger partial charge in [-0.1, -0.05) is 6.07 Å². The molecule has 3 aromatic rings. The number of amides is 1. The molecule has 0 spiro atoms. The molecule has 1 amide bonds. The van der Waals surface area contributed by atoms with E-state index >= 15 is 0 Å². The largest absolute Gasteiger partial charge is 0.478 e. The summed E-state index contributed by atoms with van der Waals surface area (Å²) in [5.41, 5.74) is 3.33. The van der Waals surface area contributed by atoms with Crippen molar-refractivity contribution in [1.29, 1.82) is 10.5 Å². The van der Waals surface area contributed by atoms with Crippen molar-refractivity contribution in [2.45, 2.75) is 44.9 Å². The molecule has 8 nitrogen and oxygen atoms in total. The van der Waals surface area contributed by atoms with Crippen LogP contribution in [0.15, 0.2) is 48.8 Å². The van der Waals surface area contributed by atoms with E-state index < -0.39 is 10.8 Å². The van der Waals surface area contributed by atoms with E-state index in [1.807, 2.05) is 38.1 Å². The molecular weight excluding hydrogens is 466 g/mol. The molecule has 1 fully saturated rings. The van der Waals surface area contributed by atoms with Crippen LogP contribution in [0.4, 0.5) is 5.69 Å². The van der Waals surface area contributed by atoms with Crippen molar-refractivity contribution < 1.29 is 14.3 Å². The first-order valence-corrected chi connectivity index (χ1v) is 12.2. The van der Waals surface area contributed by atoms with Gasteiger partial charge in [0.15, 0.2) is 0 Å². The number of nitrogens with one attached hydrogen (secondary N) is 1. The van der Waals surface area contributed by atoms with Gasteiger partial charge in [-0.2, -0.15) is 10.5 Å². The highest BCUT2D eigenvalue weighted by Gasteiger charge is 2.40. The van der Waals surface area contributed by atoms with Crippen molar-refractivity contribution in [3.05, 3.63) is 71.2 Å². The topological polar surface area (TPSA) is 121 Å². The number of nitriles is 2. The predicted octanol–water partition coefficient (Wildman–Crippen LogP) is 5.09. The average Bonchev–Trinajstić information content (AvgIpc) is 3.40. The van der Waals surface area contributed by atoms with Crippen LogP contribution in [-0.2, 0) is 15.6 Å². The van der Waals surface area contributed by atoms with Crippen LogP contribution in [0.25, 0.3) is 11.1 Å². The Labute approximate surface area is 216 Å². The van der Waals surface area contributed by atoms with Gasteiger partial charge in [0, 0.05) is 41.4 Å². The second-order valence-corrected chi connectivity index (χ2v) is 9.66. The fourth-order valence-corrected chi connectivity index (χ4v) is 4.30. The number of aromatic nitrogens is 2. The Bertz CT molecular complexity index is 1410. The minimum absolute atomic E-state index is 0.292. The van der Waals surface area contributed by atoms with Gasteiger partial charge in [-0.3, -0.25) is 9.78 Å². The van der Waals surface area contributed by atoms with E-state index in [0.717, 1.165) is 16.7 Å². The van der Waals surface area contributed by atoms with E-state index in [4.69, 9.17) is 9.47 Å². The number of ether oxygens (including phenoxy) is 2. The summed E-state index contributed by atoms with van der Waals surface area (Å²) in [6.45, 7) is 8.62. The average molecular weight is 496 g/mol. The highest BCUT2D eigenvalue weighted by Crippen LogP contribution is 2.40. The molecule has 1 aliphatic heterocycles. The van der Waals surface area contributed by atoms with Crippen molar-refractivity contribution in [3.8, 4) is 29.1 Å². The Kier molecular flexibility index (Phi) is 7.24. The van der Waals surface area contributed by atoms with Crippen LogP contribution in [-0.4, -0.2) is 35.7 Å². The van der Waals surface area contributed by atoms with Crippen molar-refractivity contribution in [3.63, 3.8) is 0 Å². The van der Waals surface area contributed by atoms with Crippen LogP contribution in [0.3, 0.4) is 0 Å². The Morgan fingerprint density at radius 1 is 1.22 bits per heavy atom. The molecule has 0 aliphatic carbocycles. The maximum absolute atomic E-state index is 13.0. The van der Waals surface area contributed by atoms with Crippen LogP contribution in [0.2, 0.25) is 0 Å². The normalized spacial score (nSPS) is 17.0. The van der Waals surface area contributed by atoms with Crippen molar-refractivity contribution in [2.75, 3.05) is 25.1 Å². The molecule has 0 radical (unpaired) electrons. The second kappa shape index (κ2) is 10.4. The van der Waals surface area contributed by atoms with Gasteiger partial charge in [0.1, 0.15) is 5.41 Å². The van der Waals surface area contributed by atoms with Crippen LogP contribution in [0, 0.1) is 29.6 Å². The lowest BCUT2D eigenvalue weighted by Gasteiger charge is -2.22. The number of aryl methyl sites for hydroxylation is 1. The van der Waals surface area contributed by atoms with Crippen LogP contribution in [0.5, 0.6) is 5.88 Å². The fraction of sp³-hybridized carbons (Fsp3) is 0.345. The van der Waals surface area contributed by atoms with Crippen LogP contribution < -0.4 is 10.1 Å². The number of hydrogen-bond donors (Lipinski definition) is 1. The smallest absolute Gasteiger partial charge is 0.255 e. The Hall–Kier alpha value is -4.27. The van der Waals surface area contributed by atoms with E-state index in [2.05, 4.69) is 27.4 Å². The summed E-state index contributed by atoms with van der Waals surface area (Å²) in [6, 6.07) is 15.5. The molecule has 1 unspecified atom stereocenters. The van der Waals surface area contributed by atoms with Gasteiger partial charge < -0.3 is 14.8 Å². The SMILES string of the molecule is CCOc1ncc(-c2cc(NC(=O)c3ccnc(C(C)(C)C#N)c3)ccc2C)cc1C1(C#N)CCOC1. The van der Waals surface area contributed by atoms with Gasteiger partial charge >= 0.3 is 0 Å². The maximum Gasteiger partial charge on any atom is 0.255 e. The van der Waals surface area contributed by atoms with E-state index in [0.29, 0.717) is 54.6 Å². The Morgan fingerprint density at radius 2 is 2.03 bits per heavy atom. The molecule has 188 valence electrons. The third-order valence-electron chi connectivity index (χ3n) is 6.63. The van der Waals surface area contributed by atoms with Crippen molar-refractivity contribution in [1.82, 2.24) is 9.97 Å². The third-order valence-corrected chi connectivity index (χ3v) is 6.63. The first-order chi connectivity index (χ1) is 17.7. The first kappa shape index (κ1) is 25.8. The number of carbonyl (C=O) groups is 1. The molecule has 2 aromatic heterocycles. The highest BCUT2D eigenvalue weighted by atomic mass is 16.5. The van der Waals surface area contributed by atoms with E-state index in [1.54, 1.807) is 32.2 Å². The first-order valence-electron chi connectivity index (χ1n) is 12.2. The van der Waals surface area contributed by atoms with Gasteiger partial charge in [0.2, 0.25) is 5.88 Å². The lowest BCUT2D eigenvalue weighted by molar-refractivity contribution is 0.102. The monoisotopic (exact) mass is 495 g/mol. The maximum atomic E-state index is 13.0. The summed E-state index contributed by atoms with van der Waals surface area (Å²) >= 11 is 0. The molecule has 1 atom stereocenters. The lowest BCUT2D eigenvalue weighted by atomic mass is 9.80. The summed E-state index contributed by atoms with van der Waals surface area (Å²) < 4.78 is 11.3. The molecule has 1 N–H and O–H groups in total. The summed E-state index contributed by atoms with van der Waals surface area (Å²) in [4.78, 5) is 21.9. The summed E-state index contributed by atoms with van der Waals surface area (Å²) in [5, 5.41) is 22.4. The predicted molar refractivity (Wildman–Crippen MR) is 139 cm³/mol. The Morgan fingerprint density at radius 3 is 2.70 bits per heavy atom. The van der Waals surface area contributed by atoms with Crippen LogP contribution >= 0.6 is 0 Å². The van der Waals surface area contributed by atoms with E-state index in [1.165, 1.54) is 6.20 Å². The number of anilines is 1. The quantitative estimate of drug-likeness (QED) is 0.485. The zero-order valence-electron chi connectivity index (χ0n) is 21.5. The van der Waals surface area contributed by atoms with Crippen molar-refractivity contribution >= 4 is 11.6 Å². The number of hydrogen-bond acceptors (Lipinski definition) is 7. The molecule has 3 heterocycles. The molecule has 0 saturated carbocycles. The summed E-state index contributed by atoms with van der Waals surface area (Å²) in [7, 11) is 0. The molecule has 37 heavy (non-hydrogen) atoms. The molecule has 4 rings (SSSR count). The van der Waals surface area contributed by atoms with Gasteiger partial charge in [-0.15, -0.1) is 0 Å². The number of carbonyl (C=O) groups excluding carboxylic acids is 1. The minimum Gasteiger partial charge on any atom is -0.478 e. The lowest BCUT2D eigenvalue weighted by Crippen LogP contribution is -2.25. The standard InChI is InChI=1S/C29H29N5O3/c1-5-37-27-24(29(17-31)9-11-36-18-29)12-21(15-33-27)23-14-22(7-6-19(23)2)34-26(35)20-8-10-32-25(13-20)28(3,4)16-30/h6-8,10,12-15H,5,9,11,18H2,1-4H3,(H,34,35). The summed E-state index contributed by atoms with van der Waals surface area (Å²) in [5.74, 6) is 0.137. The third kappa shape index (κ3) is 5.16. The molecule has 8 heteroatoms. The van der Waals surface area contributed by atoms with E-state index in [9.17, 15) is 15.3 Å². The number of benzene rings is 1. The van der Waals surface area contributed by atoms with Gasteiger partial charge in [-0.25, -0.2) is 4.98 Å². The zero-order valence-corrected chi connectivity index (χ0v) is 21.5. The van der Waals surface area contributed by atoms with Gasteiger partial charge in [0.05, 0.1) is 36.5 Å². The minimum atomic E-state index is -0.816. The highest BCUT2D eigenvalue weighted by molar-refractivity contribution is 6.04. The molecule has 1 aliphatic rings. The zero-order chi connectivity index (χ0) is 26.6. The number of rotatable bonds is 7. The molecular formula is C29H29N5O3. The fourth-order valence-electron chi connectivity index (χ4n) is 4.30. The number of nitrogens with zero attached hydrogens (tertiary/aromatic N) is 4.